The fourth-order valence-corrected chi connectivity index (χ4v) is 5.12. The number of urea groups is 1. The summed E-state index contributed by atoms with van der Waals surface area (Å²) in [6.07, 6.45) is 4.86. The molecule has 0 aliphatic carbocycles. The molecule has 0 saturated carbocycles. The molecule has 0 aliphatic heterocycles. The van der Waals surface area contributed by atoms with Crippen molar-refractivity contribution in [1.29, 1.82) is 0 Å². The van der Waals surface area contributed by atoms with E-state index in [-0.39, 0.29) is 24.3 Å². The van der Waals surface area contributed by atoms with Crippen molar-refractivity contribution in [3.05, 3.63) is 48.4 Å². The van der Waals surface area contributed by atoms with Gasteiger partial charge in [0.1, 0.15) is 0 Å². The van der Waals surface area contributed by atoms with Gasteiger partial charge in [0, 0.05) is 43.4 Å². The van der Waals surface area contributed by atoms with Gasteiger partial charge in [0.05, 0.1) is 28.3 Å². The molecule has 3 N–H and O–H groups in total. The summed E-state index contributed by atoms with van der Waals surface area (Å²) < 4.78 is 32.2. The van der Waals surface area contributed by atoms with Gasteiger partial charge in [-0.15, -0.1) is 0 Å². The number of nitrogens with one attached hydrogen (secondary N) is 3. The van der Waals surface area contributed by atoms with Crippen LogP contribution in [0.4, 0.5) is 15.9 Å². The Balaban J connectivity index is 1.72. The molecule has 188 valence electrons. The molecular weight excluding hydrogens is 502 g/mol. The number of aromatic nitrogens is 4. The fourth-order valence-electron chi connectivity index (χ4n) is 3.29. The van der Waals surface area contributed by atoms with Crippen LogP contribution in [0.3, 0.4) is 0 Å². The number of pyridine rings is 1. The third-order valence-corrected chi connectivity index (χ3v) is 7.24. The van der Waals surface area contributed by atoms with Gasteiger partial charge in [-0.2, -0.15) is 0 Å². The molecule has 36 heavy (non-hydrogen) atoms. The first-order valence-corrected chi connectivity index (χ1v) is 13.5. The number of thiazole rings is 1. The number of benzene rings is 1. The van der Waals surface area contributed by atoms with Crippen LogP contribution in [0.25, 0.3) is 32.6 Å². The SMILES string of the molecule is CCNC(=O)Nc1nc2cc(-c3cnc(NS(=O)(=O)CCOC)nc3)cc(-c3ccc(C)cn3)c2s1. The predicted octanol–water partition coefficient (Wildman–Crippen LogP) is 3.65. The number of nitrogens with zero attached hydrogens (tertiary/aromatic N) is 4. The van der Waals surface area contributed by atoms with E-state index in [9.17, 15) is 13.2 Å². The zero-order chi connectivity index (χ0) is 25.7. The van der Waals surface area contributed by atoms with Crippen LogP contribution in [0.5, 0.6) is 0 Å². The Bertz CT molecular complexity index is 1470. The predicted molar refractivity (Wildman–Crippen MR) is 141 cm³/mol. The van der Waals surface area contributed by atoms with Gasteiger partial charge in [-0.05, 0) is 43.2 Å². The van der Waals surface area contributed by atoms with E-state index >= 15 is 0 Å². The number of methoxy groups -OCH3 is 1. The van der Waals surface area contributed by atoms with Crippen LogP contribution >= 0.6 is 11.3 Å². The Morgan fingerprint density at radius 1 is 1.08 bits per heavy atom. The minimum absolute atomic E-state index is 0.0292. The van der Waals surface area contributed by atoms with Crippen LogP contribution in [0, 0.1) is 6.92 Å². The fraction of sp³-hybridized carbons (Fsp3) is 0.261. The van der Waals surface area contributed by atoms with Crippen molar-refractivity contribution in [2.45, 2.75) is 13.8 Å². The van der Waals surface area contributed by atoms with Gasteiger partial charge >= 0.3 is 6.03 Å². The molecule has 0 bridgehead atoms. The summed E-state index contributed by atoms with van der Waals surface area (Å²) >= 11 is 1.36. The lowest BCUT2D eigenvalue weighted by atomic mass is 10.0. The van der Waals surface area contributed by atoms with Crippen molar-refractivity contribution in [1.82, 2.24) is 25.3 Å². The summed E-state index contributed by atoms with van der Waals surface area (Å²) in [6, 6.07) is 7.40. The Morgan fingerprint density at radius 3 is 2.53 bits per heavy atom. The number of carbonyl (C=O) groups is 1. The van der Waals surface area contributed by atoms with E-state index in [0.717, 1.165) is 27.1 Å². The van der Waals surface area contributed by atoms with E-state index in [1.165, 1.54) is 30.8 Å². The van der Waals surface area contributed by atoms with Crippen molar-refractivity contribution in [3.8, 4) is 22.4 Å². The third kappa shape index (κ3) is 6.11. The van der Waals surface area contributed by atoms with Crippen molar-refractivity contribution < 1.29 is 17.9 Å². The molecule has 4 rings (SSSR count). The number of hydrogen-bond donors (Lipinski definition) is 3. The van der Waals surface area contributed by atoms with E-state index in [1.807, 2.05) is 38.1 Å². The minimum atomic E-state index is -3.62. The number of rotatable bonds is 9. The number of carbonyl (C=O) groups excluding carboxylic acids is 1. The van der Waals surface area contributed by atoms with Gasteiger partial charge in [0.25, 0.3) is 0 Å². The summed E-state index contributed by atoms with van der Waals surface area (Å²) in [7, 11) is -2.19. The summed E-state index contributed by atoms with van der Waals surface area (Å²) in [4.78, 5) is 29.5. The van der Waals surface area contributed by atoms with Crippen molar-refractivity contribution in [2.24, 2.45) is 0 Å². The maximum Gasteiger partial charge on any atom is 0.321 e. The maximum absolute atomic E-state index is 12.1. The average molecular weight is 528 g/mol. The van der Waals surface area contributed by atoms with Gasteiger partial charge in [-0.3, -0.25) is 15.0 Å². The largest absolute Gasteiger partial charge is 0.384 e. The van der Waals surface area contributed by atoms with Gasteiger partial charge in [-0.1, -0.05) is 17.4 Å². The molecule has 13 heteroatoms. The zero-order valence-electron chi connectivity index (χ0n) is 19.9. The molecule has 0 aliphatic rings. The smallest absolute Gasteiger partial charge is 0.321 e. The third-order valence-electron chi connectivity index (χ3n) is 5.02. The molecular formula is C23H25N7O4S2. The zero-order valence-corrected chi connectivity index (χ0v) is 21.5. The molecule has 4 aromatic rings. The van der Waals surface area contributed by atoms with Crippen molar-refractivity contribution in [2.75, 3.05) is 36.1 Å². The van der Waals surface area contributed by atoms with Crippen LogP contribution in [0.2, 0.25) is 0 Å². The summed E-state index contributed by atoms with van der Waals surface area (Å²) in [5.41, 5.74) is 4.73. The highest BCUT2D eigenvalue weighted by atomic mass is 32.2. The number of fused-ring (bicyclic) bond motifs is 1. The topological polar surface area (TPSA) is 148 Å². The van der Waals surface area contributed by atoms with E-state index < -0.39 is 10.0 Å². The first-order chi connectivity index (χ1) is 17.3. The lowest BCUT2D eigenvalue weighted by Crippen LogP contribution is -2.28. The first kappa shape index (κ1) is 25.4. The van der Waals surface area contributed by atoms with Crippen molar-refractivity contribution >= 4 is 48.7 Å². The number of sulfonamides is 1. The van der Waals surface area contributed by atoms with Crippen LogP contribution in [-0.4, -0.2) is 60.4 Å². The van der Waals surface area contributed by atoms with Gasteiger partial charge < -0.3 is 10.1 Å². The Labute approximate surface area is 212 Å². The monoisotopic (exact) mass is 527 g/mol. The molecule has 0 saturated heterocycles. The van der Waals surface area contributed by atoms with Gasteiger partial charge in [0.2, 0.25) is 16.0 Å². The molecule has 0 fully saturated rings. The Kier molecular flexibility index (Phi) is 7.72. The number of aryl methyl sites for hydroxylation is 1. The second-order valence-electron chi connectivity index (χ2n) is 7.81. The van der Waals surface area contributed by atoms with E-state index in [1.54, 1.807) is 6.20 Å². The normalized spacial score (nSPS) is 11.4. The quantitative estimate of drug-likeness (QED) is 0.299. The number of amides is 2. The molecule has 1 aromatic carbocycles. The minimum Gasteiger partial charge on any atom is -0.384 e. The van der Waals surface area contributed by atoms with Gasteiger partial charge in [0.15, 0.2) is 5.13 Å². The van der Waals surface area contributed by atoms with Crippen LogP contribution in [0.1, 0.15) is 12.5 Å². The lowest BCUT2D eigenvalue weighted by molar-refractivity contribution is 0.217. The molecule has 0 atom stereocenters. The van der Waals surface area contributed by atoms with Crippen LogP contribution in [0.15, 0.2) is 42.9 Å². The molecule has 3 aromatic heterocycles. The number of anilines is 2. The molecule has 2 amide bonds. The number of hydrogen-bond acceptors (Lipinski definition) is 9. The molecule has 0 spiro atoms. The van der Waals surface area contributed by atoms with Gasteiger partial charge in [-0.25, -0.2) is 28.2 Å². The molecule has 3 heterocycles. The van der Waals surface area contributed by atoms with Crippen LogP contribution in [-0.2, 0) is 14.8 Å². The molecule has 0 radical (unpaired) electrons. The lowest BCUT2D eigenvalue weighted by Gasteiger charge is -2.09. The summed E-state index contributed by atoms with van der Waals surface area (Å²) in [5.74, 6) is -0.229. The van der Waals surface area contributed by atoms with E-state index in [2.05, 4.69) is 35.3 Å². The second kappa shape index (κ2) is 10.9. The summed E-state index contributed by atoms with van der Waals surface area (Å²) in [6.45, 7) is 4.36. The molecule has 11 nitrogen and oxygen atoms in total. The van der Waals surface area contributed by atoms with Crippen LogP contribution < -0.4 is 15.4 Å². The number of ether oxygens (including phenoxy) is 1. The Hall–Kier alpha value is -3.68. The Morgan fingerprint density at radius 2 is 1.86 bits per heavy atom. The van der Waals surface area contributed by atoms with E-state index in [0.29, 0.717) is 22.8 Å². The molecule has 0 unspecified atom stereocenters. The first-order valence-electron chi connectivity index (χ1n) is 11.0. The van der Waals surface area contributed by atoms with Crippen molar-refractivity contribution in [3.63, 3.8) is 0 Å². The summed E-state index contributed by atoms with van der Waals surface area (Å²) in [5, 5.41) is 5.91. The highest BCUT2D eigenvalue weighted by Gasteiger charge is 2.16. The second-order valence-corrected chi connectivity index (χ2v) is 10.6. The standard InChI is InChI=1S/C23H25N7O4S2/c1-4-24-22(31)29-23-28-19-10-15(9-17(20(19)35-23)18-6-5-14(2)11-25-18)16-12-26-21(27-13-16)30-36(32,33)8-7-34-3/h5-6,9-13H,4,7-8H2,1-3H3,(H,26,27,30)(H2,24,28,29,31). The maximum atomic E-state index is 12.1. The highest BCUT2D eigenvalue weighted by Crippen LogP contribution is 2.38. The average Bonchev–Trinajstić information content (AvgIpc) is 3.25. The highest BCUT2D eigenvalue weighted by molar-refractivity contribution is 7.92. The van der Waals surface area contributed by atoms with E-state index in [4.69, 9.17) is 4.74 Å².